The summed E-state index contributed by atoms with van der Waals surface area (Å²) in [5, 5.41) is 1.19. The number of aromatic nitrogens is 2. The van der Waals surface area contributed by atoms with Gasteiger partial charge in [-0.25, -0.2) is 4.98 Å². The highest BCUT2D eigenvalue weighted by Gasteiger charge is 2.26. The lowest BCUT2D eigenvalue weighted by atomic mass is 10.1. The number of rotatable bonds is 8. The molecule has 2 aromatic heterocycles. The number of hydrogen-bond acceptors (Lipinski definition) is 7. The van der Waals surface area contributed by atoms with Gasteiger partial charge >= 0.3 is 0 Å². The van der Waals surface area contributed by atoms with Crippen LogP contribution >= 0.6 is 23.1 Å². The zero-order valence-corrected chi connectivity index (χ0v) is 24.6. The van der Waals surface area contributed by atoms with Gasteiger partial charge in [-0.2, -0.15) is 0 Å². The van der Waals surface area contributed by atoms with Crippen LogP contribution in [0, 0.1) is 0 Å². The first-order valence-electron chi connectivity index (χ1n) is 13.6. The molecule has 0 aliphatic carbocycles. The molecule has 6 rings (SSSR count). The van der Waals surface area contributed by atoms with Crippen molar-refractivity contribution in [2.75, 3.05) is 30.9 Å². The van der Waals surface area contributed by atoms with Crippen molar-refractivity contribution in [2.45, 2.75) is 25.0 Å². The van der Waals surface area contributed by atoms with Crippen LogP contribution in [0.1, 0.15) is 17.4 Å². The maximum absolute atomic E-state index is 14.2. The molecule has 0 N–H and O–H groups in total. The van der Waals surface area contributed by atoms with E-state index in [4.69, 9.17) is 9.72 Å². The Morgan fingerprint density at radius 3 is 2.29 bits per heavy atom. The molecule has 7 nitrogen and oxygen atoms in total. The predicted molar refractivity (Wildman–Crippen MR) is 167 cm³/mol. The summed E-state index contributed by atoms with van der Waals surface area (Å²) in [5.41, 5.74) is 3.27. The summed E-state index contributed by atoms with van der Waals surface area (Å²) in [7, 11) is 2.09. The molecule has 0 unspecified atom stereocenters. The van der Waals surface area contributed by atoms with Crippen molar-refractivity contribution < 1.29 is 9.53 Å². The maximum Gasteiger partial charge on any atom is 0.267 e. The Morgan fingerprint density at radius 2 is 1.66 bits per heavy atom. The van der Waals surface area contributed by atoms with Gasteiger partial charge in [-0.3, -0.25) is 19.1 Å². The molecule has 1 aliphatic heterocycles. The molecule has 5 aromatic rings. The van der Waals surface area contributed by atoms with E-state index < -0.39 is 0 Å². The topological polar surface area (TPSA) is 67.7 Å². The summed E-state index contributed by atoms with van der Waals surface area (Å²) in [6.45, 7) is 4.21. The number of thioether (sulfide) groups is 1. The molecule has 0 spiro atoms. The van der Waals surface area contributed by atoms with Gasteiger partial charge in [-0.05, 0) is 74.5 Å². The van der Waals surface area contributed by atoms with Crippen molar-refractivity contribution in [3.63, 3.8) is 0 Å². The molecule has 3 heterocycles. The highest BCUT2D eigenvalue weighted by molar-refractivity contribution is 7.99. The van der Waals surface area contributed by atoms with Gasteiger partial charge in [-0.1, -0.05) is 48.2 Å². The number of anilines is 2. The predicted octanol–water partition coefficient (Wildman–Crippen LogP) is 6.29. The van der Waals surface area contributed by atoms with Gasteiger partial charge in [0.05, 0.1) is 23.4 Å². The Hall–Kier alpha value is -3.92. The van der Waals surface area contributed by atoms with Gasteiger partial charge < -0.3 is 9.64 Å². The van der Waals surface area contributed by atoms with Crippen LogP contribution < -0.4 is 15.2 Å². The fourth-order valence-corrected chi connectivity index (χ4v) is 7.32. The SMILES string of the molecule is CCOc1ccc(-n2c(SCC(=O)N(c3ccccc3)c3ccccc3)nc3sc4c(c3c2=O)CCN(C)C4)cc1. The number of hydrogen-bond donors (Lipinski definition) is 0. The van der Waals surface area contributed by atoms with Crippen LogP contribution in [0.4, 0.5) is 11.4 Å². The van der Waals surface area contributed by atoms with E-state index in [9.17, 15) is 9.59 Å². The van der Waals surface area contributed by atoms with Crippen molar-refractivity contribution in [2.24, 2.45) is 0 Å². The van der Waals surface area contributed by atoms with Crippen LogP contribution in [-0.4, -0.2) is 46.3 Å². The number of fused-ring (bicyclic) bond motifs is 3. The minimum Gasteiger partial charge on any atom is -0.494 e. The summed E-state index contributed by atoms with van der Waals surface area (Å²) in [6.07, 6.45) is 0.820. The molecule has 0 fully saturated rings. The Balaban J connectivity index is 1.41. The van der Waals surface area contributed by atoms with Gasteiger partial charge in [0.2, 0.25) is 5.91 Å². The average molecular weight is 583 g/mol. The molecule has 0 radical (unpaired) electrons. The van der Waals surface area contributed by atoms with Crippen molar-refractivity contribution >= 4 is 50.6 Å². The van der Waals surface area contributed by atoms with E-state index in [-0.39, 0.29) is 17.2 Å². The highest BCUT2D eigenvalue weighted by atomic mass is 32.2. The third-order valence-corrected chi connectivity index (χ3v) is 9.08. The Labute approximate surface area is 247 Å². The molecule has 41 heavy (non-hydrogen) atoms. The lowest BCUT2D eigenvalue weighted by Crippen LogP contribution is -2.29. The molecule has 1 aliphatic rings. The quantitative estimate of drug-likeness (QED) is 0.158. The fraction of sp³-hybridized carbons (Fsp3) is 0.219. The summed E-state index contributed by atoms with van der Waals surface area (Å²) < 4.78 is 7.28. The lowest BCUT2D eigenvalue weighted by Gasteiger charge is -2.23. The molecular formula is C32H30N4O3S2. The first-order valence-corrected chi connectivity index (χ1v) is 15.4. The lowest BCUT2D eigenvalue weighted by molar-refractivity contribution is -0.115. The first-order chi connectivity index (χ1) is 20.0. The van der Waals surface area contributed by atoms with Crippen molar-refractivity contribution in [1.29, 1.82) is 0 Å². The summed E-state index contributed by atoms with van der Waals surface area (Å²) in [5.74, 6) is 0.735. The second-order valence-corrected chi connectivity index (χ2v) is 11.8. The normalized spacial score (nSPS) is 13.2. The van der Waals surface area contributed by atoms with Crippen LogP contribution in [0.3, 0.4) is 0 Å². The molecule has 3 aromatic carbocycles. The number of benzene rings is 3. The molecule has 0 saturated heterocycles. The Morgan fingerprint density at radius 1 is 1.00 bits per heavy atom. The van der Waals surface area contributed by atoms with Crippen molar-refractivity contribution in [1.82, 2.24) is 14.5 Å². The van der Waals surface area contributed by atoms with E-state index in [1.807, 2.05) is 91.9 Å². The van der Waals surface area contributed by atoms with Crippen LogP contribution in [0.15, 0.2) is 94.9 Å². The number of amides is 1. The highest BCUT2D eigenvalue weighted by Crippen LogP contribution is 2.35. The van der Waals surface area contributed by atoms with Crippen LogP contribution in [0.25, 0.3) is 15.9 Å². The number of carbonyl (C=O) groups is 1. The molecule has 0 bridgehead atoms. The monoisotopic (exact) mass is 582 g/mol. The molecule has 1 amide bonds. The van der Waals surface area contributed by atoms with Crippen LogP contribution in [-0.2, 0) is 17.8 Å². The number of para-hydroxylation sites is 2. The molecule has 208 valence electrons. The second kappa shape index (κ2) is 11.9. The number of carbonyl (C=O) groups excluding carboxylic acids is 1. The van der Waals surface area contributed by atoms with E-state index in [1.165, 1.54) is 16.6 Å². The van der Waals surface area contributed by atoms with Crippen molar-refractivity contribution in [3.8, 4) is 11.4 Å². The third-order valence-electron chi connectivity index (χ3n) is 7.04. The summed E-state index contributed by atoms with van der Waals surface area (Å²) in [6, 6.07) is 26.7. The number of likely N-dealkylation sites (N-methyl/N-ethyl adjacent to an activating group) is 1. The van der Waals surface area contributed by atoms with Gasteiger partial charge in [-0.15, -0.1) is 11.3 Å². The smallest absolute Gasteiger partial charge is 0.267 e. The minimum absolute atomic E-state index is 0.0980. The van der Waals surface area contributed by atoms with E-state index >= 15 is 0 Å². The fourth-order valence-electron chi connectivity index (χ4n) is 5.12. The van der Waals surface area contributed by atoms with Crippen LogP contribution in [0.5, 0.6) is 5.75 Å². The van der Waals surface area contributed by atoms with Crippen LogP contribution in [0.2, 0.25) is 0 Å². The number of ether oxygens (including phenoxy) is 1. The van der Waals surface area contributed by atoms with Gasteiger partial charge in [0, 0.05) is 29.3 Å². The van der Waals surface area contributed by atoms with E-state index in [0.29, 0.717) is 22.8 Å². The zero-order valence-electron chi connectivity index (χ0n) is 22.9. The Kier molecular flexibility index (Phi) is 7.91. The second-order valence-electron chi connectivity index (χ2n) is 9.82. The Bertz CT molecular complexity index is 1700. The largest absolute Gasteiger partial charge is 0.494 e. The van der Waals surface area contributed by atoms with E-state index in [0.717, 1.165) is 47.0 Å². The van der Waals surface area contributed by atoms with Gasteiger partial charge in [0.15, 0.2) is 5.16 Å². The summed E-state index contributed by atoms with van der Waals surface area (Å²) in [4.78, 5) is 38.9. The number of nitrogens with zero attached hydrogens (tertiary/aromatic N) is 4. The van der Waals surface area contributed by atoms with E-state index in [1.54, 1.807) is 20.8 Å². The van der Waals surface area contributed by atoms with Gasteiger partial charge in [0.25, 0.3) is 5.56 Å². The van der Waals surface area contributed by atoms with E-state index in [2.05, 4.69) is 11.9 Å². The molecular weight excluding hydrogens is 553 g/mol. The standard InChI is InChI=1S/C32H30N4O3S2/c1-3-39-25-16-14-24(15-17-25)36-31(38)29-26-18-19-34(2)20-27(26)41-30(29)33-32(36)40-21-28(37)35(22-10-6-4-7-11-22)23-12-8-5-9-13-23/h4-17H,3,18-21H2,1-2H3. The zero-order chi connectivity index (χ0) is 28.3. The average Bonchev–Trinajstić information content (AvgIpc) is 3.36. The first kappa shape index (κ1) is 27.3. The third kappa shape index (κ3) is 5.53. The summed E-state index contributed by atoms with van der Waals surface area (Å²) >= 11 is 2.87. The van der Waals surface area contributed by atoms with Crippen molar-refractivity contribution in [3.05, 3.63) is 106 Å². The maximum atomic E-state index is 14.2. The molecule has 9 heteroatoms. The minimum atomic E-state index is -0.105. The number of thiophene rings is 1. The molecule has 0 saturated carbocycles. The van der Waals surface area contributed by atoms with Gasteiger partial charge in [0.1, 0.15) is 10.6 Å². The molecule has 0 atom stereocenters.